The highest BCUT2D eigenvalue weighted by molar-refractivity contribution is 6.33. The summed E-state index contributed by atoms with van der Waals surface area (Å²) in [4.78, 5) is 0. The lowest BCUT2D eigenvalue weighted by Crippen LogP contribution is -2.04. The molecule has 0 saturated heterocycles. The highest BCUT2D eigenvalue weighted by Gasteiger charge is 2.30. The van der Waals surface area contributed by atoms with Gasteiger partial charge in [0, 0.05) is 12.0 Å². The van der Waals surface area contributed by atoms with Crippen LogP contribution in [0.2, 0.25) is 5.02 Å². The molecule has 120 valence electrons. The minimum Gasteiger partial charge on any atom is -0.359 e. The van der Waals surface area contributed by atoms with E-state index >= 15 is 0 Å². The van der Waals surface area contributed by atoms with E-state index in [9.17, 15) is 13.2 Å². The first-order valence-electron chi connectivity index (χ1n) is 7.25. The van der Waals surface area contributed by atoms with Crippen molar-refractivity contribution in [2.75, 3.05) is 0 Å². The monoisotopic (exact) mass is 331 g/mol. The number of alkyl halides is 3. The summed E-state index contributed by atoms with van der Waals surface area (Å²) in [7, 11) is 0. The molecule has 2 nitrogen and oxygen atoms in total. The smallest absolute Gasteiger partial charge is 0.359 e. The molecular formula is C16H17ClF3NO. The zero-order valence-corrected chi connectivity index (χ0v) is 13.0. The third-order valence-corrected chi connectivity index (χ3v) is 3.83. The maximum absolute atomic E-state index is 12.5. The van der Waals surface area contributed by atoms with E-state index in [0.717, 1.165) is 37.8 Å². The molecule has 0 radical (unpaired) electrons. The van der Waals surface area contributed by atoms with Gasteiger partial charge in [0.25, 0.3) is 0 Å². The molecule has 0 aliphatic carbocycles. The number of halogens is 4. The molecule has 1 aromatic heterocycles. The predicted octanol–water partition coefficient (Wildman–Crippen LogP) is 6.14. The Hall–Kier alpha value is -1.49. The fourth-order valence-corrected chi connectivity index (χ4v) is 2.45. The summed E-state index contributed by atoms with van der Waals surface area (Å²) in [5.74, 6) is 0.590. The van der Waals surface area contributed by atoms with Crippen molar-refractivity contribution in [3.05, 3.63) is 40.6 Å². The van der Waals surface area contributed by atoms with Gasteiger partial charge in [-0.05, 0) is 18.6 Å². The summed E-state index contributed by atoms with van der Waals surface area (Å²) in [6, 6.07) is 4.74. The van der Waals surface area contributed by atoms with Gasteiger partial charge in [0.2, 0.25) is 0 Å². The van der Waals surface area contributed by atoms with Crippen LogP contribution < -0.4 is 0 Å². The van der Waals surface area contributed by atoms with E-state index in [0.29, 0.717) is 28.5 Å². The van der Waals surface area contributed by atoms with Crippen molar-refractivity contribution in [2.45, 2.75) is 45.2 Å². The second kappa shape index (κ2) is 7.18. The number of aromatic nitrogens is 1. The van der Waals surface area contributed by atoms with Crippen molar-refractivity contribution >= 4 is 11.6 Å². The van der Waals surface area contributed by atoms with Crippen LogP contribution in [0.1, 0.15) is 43.9 Å². The van der Waals surface area contributed by atoms with Crippen molar-refractivity contribution < 1.29 is 17.7 Å². The van der Waals surface area contributed by atoms with Gasteiger partial charge < -0.3 is 4.52 Å². The molecule has 0 saturated carbocycles. The summed E-state index contributed by atoms with van der Waals surface area (Å²) in [5.41, 5.74) is 0.207. The zero-order valence-electron chi connectivity index (χ0n) is 12.2. The first-order chi connectivity index (χ1) is 10.4. The molecule has 0 fully saturated rings. The molecule has 0 spiro atoms. The largest absolute Gasteiger partial charge is 0.416 e. The van der Waals surface area contributed by atoms with Gasteiger partial charge in [-0.1, -0.05) is 55.1 Å². The van der Waals surface area contributed by atoms with E-state index in [1.807, 2.05) is 0 Å². The van der Waals surface area contributed by atoms with Crippen LogP contribution in [0, 0.1) is 0 Å². The van der Waals surface area contributed by atoms with Gasteiger partial charge in [-0.2, -0.15) is 13.2 Å². The summed E-state index contributed by atoms with van der Waals surface area (Å²) in [6.45, 7) is 2.13. The summed E-state index contributed by atoms with van der Waals surface area (Å²) in [5, 5.41) is 4.27. The molecule has 1 aromatic carbocycles. The minimum absolute atomic E-state index is 0.385. The summed E-state index contributed by atoms with van der Waals surface area (Å²) >= 11 is 6.22. The zero-order chi connectivity index (χ0) is 16.2. The van der Waals surface area contributed by atoms with E-state index in [2.05, 4.69) is 12.1 Å². The number of unbranched alkanes of at least 4 members (excludes halogenated alkanes) is 3. The van der Waals surface area contributed by atoms with Gasteiger partial charge in [0.1, 0.15) is 10.7 Å². The number of hydrogen-bond donors (Lipinski definition) is 0. The van der Waals surface area contributed by atoms with Crippen LogP contribution in [-0.4, -0.2) is 5.16 Å². The fraction of sp³-hybridized carbons (Fsp3) is 0.438. The normalized spacial score (nSPS) is 11.9. The topological polar surface area (TPSA) is 26.0 Å². The lowest BCUT2D eigenvalue weighted by atomic mass is 10.1. The number of nitrogens with zero attached hydrogens (tertiary/aromatic N) is 1. The lowest BCUT2D eigenvalue weighted by molar-refractivity contribution is -0.137. The van der Waals surface area contributed by atoms with Crippen LogP contribution in [0.25, 0.3) is 11.3 Å². The van der Waals surface area contributed by atoms with E-state index < -0.39 is 11.7 Å². The first kappa shape index (κ1) is 16.9. The van der Waals surface area contributed by atoms with Crippen molar-refractivity contribution in [1.82, 2.24) is 5.16 Å². The molecule has 0 atom stereocenters. The molecule has 22 heavy (non-hydrogen) atoms. The molecule has 0 aliphatic heterocycles. The SMILES string of the molecule is CCCCCCc1onc(-c2ccc(C(F)(F)F)cc2)c1Cl. The molecule has 1 heterocycles. The second-order valence-electron chi connectivity index (χ2n) is 5.15. The Morgan fingerprint density at radius 1 is 1.09 bits per heavy atom. The molecular weight excluding hydrogens is 315 g/mol. The number of aryl methyl sites for hydroxylation is 1. The molecule has 2 rings (SSSR count). The van der Waals surface area contributed by atoms with Crippen LogP contribution >= 0.6 is 11.6 Å². The number of benzene rings is 1. The average molecular weight is 332 g/mol. The summed E-state index contributed by atoms with van der Waals surface area (Å²) in [6.07, 6.45) is 0.667. The molecule has 0 N–H and O–H groups in total. The Morgan fingerprint density at radius 2 is 1.77 bits per heavy atom. The Morgan fingerprint density at radius 3 is 2.36 bits per heavy atom. The minimum atomic E-state index is -4.35. The van der Waals surface area contributed by atoms with E-state index in [1.54, 1.807) is 0 Å². The van der Waals surface area contributed by atoms with Crippen LogP contribution in [0.15, 0.2) is 28.8 Å². The van der Waals surface area contributed by atoms with Gasteiger partial charge in [0.15, 0.2) is 5.76 Å². The Bertz CT molecular complexity index is 605. The Balaban J connectivity index is 2.11. The fourth-order valence-electron chi connectivity index (χ4n) is 2.18. The van der Waals surface area contributed by atoms with Crippen molar-refractivity contribution in [3.8, 4) is 11.3 Å². The molecule has 2 aromatic rings. The highest BCUT2D eigenvalue weighted by Crippen LogP contribution is 2.34. The van der Waals surface area contributed by atoms with Crippen LogP contribution in [-0.2, 0) is 12.6 Å². The van der Waals surface area contributed by atoms with Gasteiger partial charge in [-0.15, -0.1) is 0 Å². The third kappa shape index (κ3) is 4.03. The molecule has 0 unspecified atom stereocenters. The standard InChI is InChI=1S/C16H17ClF3NO/c1-2-3-4-5-6-13-14(17)15(21-22-13)11-7-9-12(10-8-11)16(18,19)20/h7-10H,2-6H2,1H3. The predicted molar refractivity (Wildman–Crippen MR) is 79.8 cm³/mol. The third-order valence-electron chi connectivity index (χ3n) is 3.44. The lowest BCUT2D eigenvalue weighted by Gasteiger charge is -2.06. The quantitative estimate of drug-likeness (QED) is 0.594. The summed E-state index contributed by atoms with van der Waals surface area (Å²) < 4.78 is 42.9. The van der Waals surface area contributed by atoms with E-state index in [-0.39, 0.29) is 0 Å². The first-order valence-corrected chi connectivity index (χ1v) is 7.63. The van der Waals surface area contributed by atoms with Crippen molar-refractivity contribution in [3.63, 3.8) is 0 Å². The van der Waals surface area contributed by atoms with Crippen molar-refractivity contribution in [1.29, 1.82) is 0 Å². The van der Waals surface area contributed by atoms with E-state index in [1.165, 1.54) is 12.1 Å². The van der Waals surface area contributed by atoms with Gasteiger partial charge in [-0.25, -0.2) is 0 Å². The Labute approximate surface area is 132 Å². The second-order valence-corrected chi connectivity index (χ2v) is 5.53. The van der Waals surface area contributed by atoms with Crippen molar-refractivity contribution in [2.24, 2.45) is 0 Å². The van der Waals surface area contributed by atoms with E-state index in [4.69, 9.17) is 16.1 Å². The van der Waals surface area contributed by atoms with Crippen LogP contribution in [0.3, 0.4) is 0 Å². The molecule has 0 bridgehead atoms. The van der Waals surface area contributed by atoms with Crippen LogP contribution in [0.4, 0.5) is 13.2 Å². The molecule has 0 amide bonds. The van der Waals surface area contributed by atoms with Crippen LogP contribution in [0.5, 0.6) is 0 Å². The average Bonchev–Trinajstić information content (AvgIpc) is 2.84. The molecule has 0 aliphatic rings. The highest BCUT2D eigenvalue weighted by atomic mass is 35.5. The van der Waals surface area contributed by atoms with Gasteiger partial charge >= 0.3 is 6.18 Å². The Kier molecular flexibility index (Phi) is 5.51. The number of hydrogen-bond acceptors (Lipinski definition) is 2. The molecule has 6 heteroatoms. The van der Waals surface area contributed by atoms with Gasteiger partial charge in [0.05, 0.1) is 5.56 Å². The number of rotatable bonds is 6. The maximum Gasteiger partial charge on any atom is 0.416 e. The van der Waals surface area contributed by atoms with Gasteiger partial charge in [-0.3, -0.25) is 0 Å². The maximum atomic E-state index is 12.5.